The van der Waals surface area contributed by atoms with Crippen LogP contribution in [0.5, 0.6) is 0 Å². The third-order valence-corrected chi connectivity index (χ3v) is 4.24. The number of aryl methyl sites for hydroxylation is 1. The maximum Gasteiger partial charge on any atom is 0.125 e. The van der Waals surface area contributed by atoms with E-state index in [-0.39, 0.29) is 6.61 Å². The van der Waals surface area contributed by atoms with Crippen molar-refractivity contribution in [3.63, 3.8) is 0 Å². The van der Waals surface area contributed by atoms with Crippen molar-refractivity contribution in [2.24, 2.45) is 7.05 Å². The maximum atomic E-state index is 9.28. The summed E-state index contributed by atoms with van der Waals surface area (Å²) in [5, 5.41) is 22.1. The van der Waals surface area contributed by atoms with Crippen molar-refractivity contribution in [2.75, 3.05) is 11.9 Å². The Morgan fingerprint density at radius 3 is 2.79 bits per heavy atom. The Bertz CT molecular complexity index is 839. The van der Waals surface area contributed by atoms with Gasteiger partial charge in [0.15, 0.2) is 0 Å². The van der Waals surface area contributed by atoms with Crippen LogP contribution >= 0.6 is 11.6 Å². The molecule has 0 unspecified atom stereocenters. The van der Waals surface area contributed by atoms with Crippen LogP contribution in [0.4, 0.5) is 5.82 Å². The van der Waals surface area contributed by atoms with E-state index < -0.39 is 0 Å². The van der Waals surface area contributed by atoms with Gasteiger partial charge in [-0.15, -0.1) is 0 Å². The van der Waals surface area contributed by atoms with Gasteiger partial charge in [0.25, 0.3) is 0 Å². The molecule has 0 spiro atoms. The van der Waals surface area contributed by atoms with E-state index in [4.69, 9.17) is 11.6 Å². The second kappa shape index (κ2) is 7.07. The van der Waals surface area contributed by atoms with Crippen LogP contribution in [0, 0.1) is 6.92 Å². The average molecular weight is 346 g/mol. The second-order valence-corrected chi connectivity index (χ2v) is 6.04. The van der Waals surface area contributed by atoms with E-state index >= 15 is 0 Å². The van der Waals surface area contributed by atoms with Gasteiger partial charge in [0, 0.05) is 41.5 Å². The standard InChI is InChI=1S/C17H20ClN5O/c1-12-14(11-20-22(12)2)10-19-17-9-16(21-23(17)6-7-24)13-4-3-5-15(18)8-13/h3-5,8-9,11,19,24H,6-7,10H2,1-2H3. The Balaban J connectivity index is 1.85. The predicted octanol–water partition coefficient (Wildman–Crippen LogP) is 2.85. The molecule has 2 N–H and O–H groups in total. The summed E-state index contributed by atoms with van der Waals surface area (Å²) < 4.78 is 3.61. The van der Waals surface area contributed by atoms with Crippen LogP contribution in [0.3, 0.4) is 0 Å². The lowest BCUT2D eigenvalue weighted by Gasteiger charge is -2.08. The number of nitrogens with zero attached hydrogens (tertiary/aromatic N) is 4. The van der Waals surface area contributed by atoms with Gasteiger partial charge in [-0.3, -0.25) is 4.68 Å². The third-order valence-electron chi connectivity index (χ3n) is 4.01. The Labute approximate surface area is 145 Å². The number of hydrogen-bond acceptors (Lipinski definition) is 4. The molecule has 0 saturated carbocycles. The molecule has 0 saturated heterocycles. The van der Waals surface area contributed by atoms with E-state index in [1.165, 1.54) is 0 Å². The quantitative estimate of drug-likeness (QED) is 0.721. The van der Waals surface area contributed by atoms with Gasteiger partial charge in [0.05, 0.1) is 25.0 Å². The van der Waals surface area contributed by atoms with Gasteiger partial charge in [-0.1, -0.05) is 23.7 Å². The van der Waals surface area contributed by atoms with Crippen LogP contribution < -0.4 is 5.32 Å². The summed E-state index contributed by atoms with van der Waals surface area (Å²) >= 11 is 6.06. The Kier molecular flexibility index (Phi) is 4.87. The largest absolute Gasteiger partial charge is 0.394 e. The lowest BCUT2D eigenvalue weighted by Crippen LogP contribution is -2.10. The summed E-state index contributed by atoms with van der Waals surface area (Å²) in [6.07, 6.45) is 1.85. The first kappa shape index (κ1) is 16.5. The smallest absolute Gasteiger partial charge is 0.125 e. The zero-order chi connectivity index (χ0) is 17.1. The topological polar surface area (TPSA) is 67.9 Å². The first-order valence-electron chi connectivity index (χ1n) is 7.74. The van der Waals surface area contributed by atoms with Crippen LogP contribution in [0.1, 0.15) is 11.3 Å². The molecule has 0 fully saturated rings. The molecule has 3 rings (SSSR count). The molecule has 0 amide bonds. The van der Waals surface area contributed by atoms with Crippen molar-refractivity contribution in [1.82, 2.24) is 19.6 Å². The van der Waals surface area contributed by atoms with Gasteiger partial charge in [0.2, 0.25) is 0 Å². The molecule has 0 atom stereocenters. The highest BCUT2D eigenvalue weighted by Crippen LogP contribution is 2.25. The molecule has 0 aliphatic heterocycles. The number of rotatable bonds is 6. The van der Waals surface area contributed by atoms with Gasteiger partial charge in [-0.25, -0.2) is 4.68 Å². The number of benzene rings is 1. The van der Waals surface area contributed by atoms with Gasteiger partial charge in [-0.05, 0) is 19.1 Å². The van der Waals surface area contributed by atoms with Crippen LogP contribution in [0.2, 0.25) is 5.02 Å². The van der Waals surface area contributed by atoms with Gasteiger partial charge in [0.1, 0.15) is 5.82 Å². The van der Waals surface area contributed by atoms with Gasteiger partial charge >= 0.3 is 0 Å². The number of hydrogen-bond donors (Lipinski definition) is 2. The minimum Gasteiger partial charge on any atom is -0.394 e. The molecule has 0 aliphatic rings. The lowest BCUT2D eigenvalue weighted by atomic mass is 10.1. The zero-order valence-electron chi connectivity index (χ0n) is 13.7. The maximum absolute atomic E-state index is 9.28. The van der Waals surface area contributed by atoms with Crippen molar-refractivity contribution in [1.29, 1.82) is 0 Å². The monoisotopic (exact) mass is 345 g/mol. The zero-order valence-corrected chi connectivity index (χ0v) is 14.5. The van der Waals surface area contributed by atoms with E-state index in [1.807, 2.05) is 55.2 Å². The molecule has 0 aliphatic carbocycles. The third kappa shape index (κ3) is 3.44. The summed E-state index contributed by atoms with van der Waals surface area (Å²) in [4.78, 5) is 0. The fraction of sp³-hybridized carbons (Fsp3) is 0.294. The SMILES string of the molecule is Cc1c(CNc2cc(-c3cccc(Cl)c3)nn2CCO)cnn1C. The summed E-state index contributed by atoms with van der Waals surface area (Å²) in [5.74, 6) is 0.849. The van der Waals surface area contributed by atoms with Crippen molar-refractivity contribution in [2.45, 2.75) is 20.0 Å². The van der Waals surface area contributed by atoms with E-state index in [0.717, 1.165) is 28.3 Å². The highest BCUT2D eigenvalue weighted by atomic mass is 35.5. The predicted molar refractivity (Wildman–Crippen MR) is 95.0 cm³/mol. The second-order valence-electron chi connectivity index (χ2n) is 5.60. The Morgan fingerprint density at radius 1 is 1.29 bits per heavy atom. The number of aromatic nitrogens is 4. The number of aliphatic hydroxyl groups excluding tert-OH is 1. The molecule has 1 aromatic carbocycles. The molecule has 0 bridgehead atoms. The number of aliphatic hydroxyl groups is 1. The first-order valence-corrected chi connectivity index (χ1v) is 8.12. The number of halogens is 1. The summed E-state index contributed by atoms with van der Waals surface area (Å²) in [7, 11) is 1.92. The highest BCUT2D eigenvalue weighted by Gasteiger charge is 2.11. The van der Waals surface area contributed by atoms with E-state index in [2.05, 4.69) is 15.5 Å². The first-order chi connectivity index (χ1) is 11.6. The van der Waals surface area contributed by atoms with Gasteiger partial charge in [-0.2, -0.15) is 10.2 Å². The van der Waals surface area contributed by atoms with E-state index in [1.54, 1.807) is 4.68 Å². The lowest BCUT2D eigenvalue weighted by molar-refractivity contribution is 0.270. The molecule has 6 nitrogen and oxygen atoms in total. The Hall–Kier alpha value is -2.31. The molecule has 126 valence electrons. The fourth-order valence-corrected chi connectivity index (χ4v) is 2.71. The van der Waals surface area contributed by atoms with Crippen molar-refractivity contribution in [3.8, 4) is 11.3 Å². The summed E-state index contributed by atoms with van der Waals surface area (Å²) in [5.41, 5.74) is 4.00. The van der Waals surface area contributed by atoms with Crippen LogP contribution in [-0.4, -0.2) is 31.3 Å². The minimum absolute atomic E-state index is 0.0251. The van der Waals surface area contributed by atoms with Crippen molar-refractivity contribution in [3.05, 3.63) is 52.8 Å². The van der Waals surface area contributed by atoms with Crippen LogP contribution in [0.15, 0.2) is 36.5 Å². The van der Waals surface area contributed by atoms with Gasteiger partial charge < -0.3 is 10.4 Å². The molecule has 7 heteroatoms. The normalized spacial score (nSPS) is 11.0. The molecular weight excluding hydrogens is 326 g/mol. The summed E-state index contributed by atoms with van der Waals surface area (Å²) in [6, 6.07) is 9.54. The Morgan fingerprint density at radius 2 is 2.12 bits per heavy atom. The summed E-state index contributed by atoms with van der Waals surface area (Å²) in [6.45, 7) is 3.13. The highest BCUT2D eigenvalue weighted by molar-refractivity contribution is 6.30. The number of anilines is 1. The van der Waals surface area contributed by atoms with Crippen LogP contribution in [0.25, 0.3) is 11.3 Å². The molecule has 3 aromatic rings. The van der Waals surface area contributed by atoms with E-state index in [9.17, 15) is 5.11 Å². The van der Waals surface area contributed by atoms with Crippen molar-refractivity contribution < 1.29 is 5.11 Å². The molecule has 2 aromatic heterocycles. The van der Waals surface area contributed by atoms with E-state index in [0.29, 0.717) is 18.1 Å². The minimum atomic E-state index is 0.0251. The molecule has 0 radical (unpaired) electrons. The van der Waals surface area contributed by atoms with Crippen LogP contribution in [-0.2, 0) is 20.1 Å². The van der Waals surface area contributed by atoms with Crippen molar-refractivity contribution >= 4 is 17.4 Å². The fourth-order valence-electron chi connectivity index (χ4n) is 2.52. The molecule has 24 heavy (non-hydrogen) atoms. The molecular formula is C17H20ClN5O. The molecule has 2 heterocycles. The average Bonchev–Trinajstić information content (AvgIpc) is 3.11. The number of nitrogens with one attached hydrogen (secondary N) is 1.